The van der Waals surface area contributed by atoms with E-state index in [0.29, 0.717) is 6.04 Å². The lowest BCUT2D eigenvalue weighted by Crippen LogP contribution is -2.50. The van der Waals surface area contributed by atoms with Crippen LogP contribution >= 0.6 is 0 Å². The molecular weight excluding hydrogens is 210 g/mol. The minimum Gasteiger partial charge on any atom is -0.391 e. The van der Waals surface area contributed by atoms with E-state index >= 15 is 0 Å². The highest BCUT2D eigenvalue weighted by atomic mass is 16.3. The molecule has 2 saturated carbocycles. The summed E-state index contributed by atoms with van der Waals surface area (Å²) in [5.74, 6) is 0.842. The van der Waals surface area contributed by atoms with Crippen LogP contribution in [0.15, 0.2) is 0 Å². The van der Waals surface area contributed by atoms with Gasteiger partial charge >= 0.3 is 0 Å². The SMILES string of the molecule is CCC1CCC(O)C(N(C)C2CCCCC2)C1. The molecule has 3 unspecified atom stereocenters. The Morgan fingerprint density at radius 2 is 1.76 bits per heavy atom. The highest BCUT2D eigenvalue weighted by Crippen LogP contribution is 2.33. The molecule has 17 heavy (non-hydrogen) atoms. The number of aliphatic hydroxyl groups is 1. The lowest BCUT2D eigenvalue weighted by atomic mass is 9.80. The topological polar surface area (TPSA) is 23.5 Å². The molecule has 2 aliphatic rings. The predicted octanol–water partition coefficient (Wildman–Crippen LogP) is 3.19. The van der Waals surface area contributed by atoms with E-state index in [1.54, 1.807) is 0 Å². The Kier molecular flexibility index (Phi) is 4.87. The minimum atomic E-state index is -0.0790. The van der Waals surface area contributed by atoms with E-state index in [9.17, 15) is 5.11 Å². The molecule has 100 valence electrons. The molecule has 2 nitrogen and oxygen atoms in total. The fraction of sp³-hybridized carbons (Fsp3) is 1.00. The van der Waals surface area contributed by atoms with Crippen LogP contribution in [0.1, 0.15) is 64.7 Å². The third-order valence-corrected chi connectivity index (χ3v) is 5.14. The molecule has 0 radical (unpaired) electrons. The Balaban J connectivity index is 1.93. The molecule has 0 heterocycles. The number of rotatable bonds is 3. The van der Waals surface area contributed by atoms with Gasteiger partial charge in [-0.25, -0.2) is 0 Å². The van der Waals surface area contributed by atoms with Crippen LogP contribution in [-0.4, -0.2) is 35.2 Å². The van der Waals surface area contributed by atoms with Gasteiger partial charge in [0.25, 0.3) is 0 Å². The van der Waals surface area contributed by atoms with Crippen LogP contribution in [0.3, 0.4) is 0 Å². The zero-order valence-corrected chi connectivity index (χ0v) is 11.6. The lowest BCUT2D eigenvalue weighted by Gasteiger charge is -2.43. The van der Waals surface area contributed by atoms with Crippen molar-refractivity contribution in [3.05, 3.63) is 0 Å². The number of hydrogen-bond donors (Lipinski definition) is 1. The smallest absolute Gasteiger partial charge is 0.0695 e. The van der Waals surface area contributed by atoms with Crippen LogP contribution in [-0.2, 0) is 0 Å². The molecule has 0 bridgehead atoms. The fourth-order valence-electron chi connectivity index (χ4n) is 3.78. The second-order valence-electron chi connectivity index (χ2n) is 6.18. The van der Waals surface area contributed by atoms with Crippen LogP contribution in [0.4, 0.5) is 0 Å². The van der Waals surface area contributed by atoms with Crippen LogP contribution < -0.4 is 0 Å². The molecule has 1 N–H and O–H groups in total. The largest absolute Gasteiger partial charge is 0.391 e. The molecule has 0 aliphatic heterocycles. The summed E-state index contributed by atoms with van der Waals surface area (Å²) in [7, 11) is 2.25. The van der Waals surface area contributed by atoms with Crippen LogP contribution in [0.5, 0.6) is 0 Å². The van der Waals surface area contributed by atoms with Crippen LogP contribution in [0.2, 0.25) is 0 Å². The molecule has 2 rings (SSSR count). The van der Waals surface area contributed by atoms with E-state index in [1.807, 2.05) is 0 Å². The van der Waals surface area contributed by atoms with E-state index in [0.717, 1.165) is 18.4 Å². The summed E-state index contributed by atoms with van der Waals surface area (Å²) in [6, 6.07) is 1.16. The van der Waals surface area contributed by atoms with Crippen LogP contribution in [0, 0.1) is 5.92 Å². The van der Waals surface area contributed by atoms with Gasteiger partial charge in [-0.1, -0.05) is 32.6 Å². The number of likely N-dealkylation sites (N-methyl/N-ethyl adjacent to an activating group) is 1. The molecule has 0 aromatic heterocycles. The molecule has 0 aromatic carbocycles. The number of nitrogens with zero attached hydrogens (tertiary/aromatic N) is 1. The maximum Gasteiger partial charge on any atom is 0.0695 e. The van der Waals surface area contributed by atoms with Crippen molar-refractivity contribution >= 4 is 0 Å². The molecular formula is C15H29NO. The zero-order chi connectivity index (χ0) is 12.3. The van der Waals surface area contributed by atoms with Gasteiger partial charge in [-0.2, -0.15) is 0 Å². The maximum absolute atomic E-state index is 10.2. The maximum atomic E-state index is 10.2. The summed E-state index contributed by atoms with van der Waals surface area (Å²) in [5, 5.41) is 10.2. The van der Waals surface area contributed by atoms with Gasteiger partial charge in [0.15, 0.2) is 0 Å². The normalized spacial score (nSPS) is 36.4. The second-order valence-corrected chi connectivity index (χ2v) is 6.18. The van der Waals surface area contributed by atoms with Crippen molar-refractivity contribution in [2.24, 2.45) is 5.92 Å². The van der Waals surface area contributed by atoms with Gasteiger partial charge < -0.3 is 5.11 Å². The van der Waals surface area contributed by atoms with Crippen molar-refractivity contribution in [1.29, 1.82) is 0 Å². The summed E-state index contributed by atoms with van der Waals surface area (Å²) < 4.78 is 0. The van der Waals surface area contributed by atoms with E-state index in [1.165, 1.54) is 51.4 Å². The Morgan fingerprint density at radius 1 is 1.06 bits per heavy atom. The molecule has 2 fully saturated rings. The minimum absolute atomic E-state index is 0.0790. The zero-order valence-electron chi connectivity index (χ0n) is 11.6. The van der Waals surface area contributed by atoms with Crippen molar-refractivity contribution < 1.29 is 5.11 Å². The van der Waals surface area contributed by atoms with Gasteiger partial charge in [-0.3, -0.25) is 4.90 Å². The molecule has 2 aliphatic carbocycles. The quantitative estimate of drug-likeness (QED) is 0.817. The molecule has 0 amide bonds. The van der Waals surface area contributed by atoms with Gasteiger partial charge in [-0.05, 0) is 45.1 Å². The van der Waals surface area contributed by atoms with E-state index in [4.69, 9.17) is 0 Å². The summed E-state index contributed by atoms with van der Waals surface area (Å²) in [4.78, 5) is 2.52. The van der Waals surface area contributed by atoms with Gasteiger partial charge in [0.2, 0.25) is 0 Å². The summed E-state index contributed by atoms with van der Waals surface area (Å²) >= 11 is 0. The molecule has 0 saturated heterocycles. The van der Waals surface area contributed by atoms with E-state index in [-0.39, 0.29) is 6.10 Å². The van der Waals surface area contributed by atoms with Crippen molar-refractivity contribution in [3.8, 4) is 0 Å². The third-order valence-electron chi connectivity index (χ3n) is 5.14. The predicted molar refractivity (Wildman–Crippen MR) is 72.1 cm³/mol. The Hall–Kier alpha value is -0.0800. The summed E-state index contributed by atoms with van der Waals surface area (Å²) in [6.07, 6.45) is 11.5. The van der Waals surface area contributed by atoms with Crippen molar-refractivity contribution in [3.63, 3.8) is 0 Å². The number of hydrogen-bond acceptors (Lipinski definition) is 2. The molecule has 3 atom stereocenters. The number of aliphatic hydroxyl groups excluding tert-OH is 1. The first-order valence-corrected chi connectivity index (χ1v) is 7.62. The Labute approximate surface area is 106 Å². The molecule has 0 spiro atoms. The van der Waals surface area contributed by atoms with E-state index in [2.05, 4.69) is 18.9 Å². The van der Waals surface area contributed by atoms with Crippen LogP contribution in [0.25, 0.3) is 0 Å². The second kappa shape index (κ2) is 6.19. The van der Waals surface area contributed by atoms with Gasteiger partial charge in [0, 0.05) is 12.1 Å². The standard InChI is InChI=1S/C15H29NO/c1-3-12-9-10-15(17)14(11-12)16(2)13-7-5-4-6-8-13/h12-15,17H,3-11H2,1-2H3. The monoisotopic (exact) mass is 239 g/mol. The third kappa shape index (κ3) is 3.23. The Bertz CT molecular complexity index is 225. The first kappa shape index (κ1) is 13.4. The van der Waals surface area contributed by atoms with Gasteiger partial charge in [0.1, 0.15) is 0 Å². The summed E-state index contributed by atoms with van der Waals surface area (Å²) in [6.45, 7) is 2.29. The van der Waals surface area contributed by atoms with Gasteiger partial charge in [-0.15, -0.1) is 0 Å². The average Bonchev–Trinajstić information content (AvgIpc) is 2.39. The fourth-order valence-corrected chi connectivity index (χ4v) is 3.78. The van der Waals surface area contributed by atoms with Crippen molar-refractivity contribution in [2.75, 3.05) is 7.05 Å². The highest BCUT2D eigenvalue weighted by Gasteiger charge is 2.34. The summed E-state index contributed by atoms with van der Waals surface area (Å²) in [5.41, 5.74) is 0. The molecule has 2 heteroatoms. The first-order chi connectivity index (χ1) is 8.22. The lowest BCUT2D eigenvalue weighted by molar-refractivity contribution is -0.0105. The first-order valence-electron chi connectivity index (χ1n) is 7.62. The Morgan fingerprint density at radius 3 is 2.41 bits per heavy atom. The van der Waals surface area contributed by atoms with E-state index < -0.39 is 0 Å². The average molecular weight is 239 g/mol. The molecule has 0 aromatic rings. The highest BCUT2D eigenvalue weighted by molar-refractivity contribution is 4.88. The van der Waals surface area contributed by atoms with Crippen molar-refractivity contribution in [2.45, 2.75) is 82.9 Å². The van der Waals surface area contributed by atoms with Gasteiger partial charge in [0.05, 0.1) is 6.10 Å². The van der Waals surface area contributed by atoms with Crippen molar-refractivity contribution in [1.82, 2.24) is 4.90 Å².